The fourth-order valence-corrected chi connectivity index (χ4v) is 5.23. The van der Waals surface area contributed by atoms with E-state index in [1.807, 2.05) is 24.3 Å². The summed E-state index contributed by atoms with van der Waals surface area (Å²) in [7, 11) is 0. The summed E-state index contributed by atoms with van der Waals surface area (Å²) in [5.41, 5.74) is 1.90. The Kier molecular flexibility index (Phi) is 4.09. The molecule has 0 bridgehead atoms. The van der Waals surface area contributed by atoms with Gasteiger partial charge in [-0.05, 0) is 40.5 Å². The van der Waals surface area contributed by atoms with Crippen molar-refractivity contribution in [2.24, 2.45) is 0 Å². The van der Waals surface area contributed by atoms with Crippen molar-refractivity contribution < 1.29 is 0 Å². The molecule has 1 aromatic carbocycles. The van der Waals surface area contributed by atoms with Crippen molar-refractivity contribution in [2.45, 2.75) is 24.8 Å². The van der Waals surface area contributed by atoms with Crippen molar-refractivity contribution >= 4 is 33.7 Å². The average molecular weight is 430 g/mol. The van der Waals surface area contributed by atoms with E-state index in [1.54, 1.807) is 11.8 Å². The second-order valence-electron chi connectivity index (χ2n) is 6.71. The number of nitrogens with zero attached hydrogens (tertiary/aromatic N) is 2. The van der Waals surface area contributed by atoms with Gasteiger partial charge >= 0.3 is 0 Å². The lowest BCUT2D eigenvalue weighted by molar-refractivity contribution is 0.457. The molecule has 3 N–H and O–H groups in total. The Hall–Kier alpha value is -2.24. The molecule has 2 aliphatic heterocycles. The number of allylic oxidation sites excluding steroid dienone is 1. The summed E-state index contributed by atoms with van der Waals surface area (Å²) < 4.78 is 1.97. The van der Waals surface area contributed by atoms with E-state index >= 15 is 0 Å². The summed E-state index contributed by atoms with van der Waals surface area (Å²) in [6.45, 7) is 2.06. The van der Waals surface area contributed by atoms with Crippen LogP contribution < -0.4 is 10.9 Å². The Labute approximate surface area is 162 Å². The molecule has 4 rings (SSSR count). The number of nitrogens with one attached hydrogen (secondary N) is 3. The van der Waals surface area contributed by atoms with Gasteiger partial charge < -0.3 is 5.32 Å². The first kappa shape index (κ1) is 17.2. The maximum Gasteiger partial charge on any atom is 0.279 e. The molecule has 8 heteroatoms. The molecule has 1 unspecified atom stereocenters. The largest absolute Gasteiger partial charge is 0.345 e. The highest BCUT2D eigenvalue weighted by molar-refractivity contribution is 9.10. The highest BCUT2D eigenvalue weighted by Crippen LogP contribution is 2.43. The standard InChI is InChI=1S/C18H16BrN5OS/c1-18(7-13-15(19)16(25)23-24(13)17(21)22-18)14-6-12(9-26-14)11-4-2-3-10(5-11)8-20/h2-6,12H,7,9H2,1H3,(H2,21,22)(H,23,25)/t12?,18-/m0/s1. The van der Waals surface area contributed by atoms with Crippen LogP contribution >= 0.6 is 27.7 Å². The number of hydrogen-bond donors (Lipinski definition) is 3. The van der Waals surface area contributed by atoms with Crippen LogP contribution in [0.25, 0.3) is 0 Å². The molecule has 26 heavy (non-hydrogen) atoms. The minimum Gasteiger partial charge on any atom is -0.345 e. The zero-order valence-electron chi connectivity index (χ0n) is 14.0. The Morgan fingerprint density at radius 3 is 3.08 bits per heavy atom. The van der Waals surface area contributed by atoms with Gasteiger partial charge in [0.15, 0.2) is 0 Å². The normalized spacial score (nSPS) is 24.6. The molecule has 0 spiro atoms. The highest BCUT2D eigenvalue weighted by Gasteiger charge is 2.40. The van der Waals surface area contributed by atoms with E-state index in [0.717, 1.165) is 21.9 Å². The summed E-state index contributed by atoms with van der Waals surface area (Å²) in [5.74, 6) is 1.29. The second kappa shape index (κ2) is 6.18. The van der Waals surface area contributed by atoms with E-state index in [-0.39, 0.29) is 17.4 Å². The lowest BCUT2D eigenvalue weighted by atomic mass is 9.90. The van der Waals surface area contributed by atoms with Crippen molar-refractivity contribution in [3.05, 3.63) is 66.9 Å². The molecule has 0 amide bonds. The van der Waals surface area contributed by atoms with Gasteiger partial charge in [0, 0.05) is 23.0 Å². The number of nitriles is 1. The molecule has 0 radical (unpaired) electrons. The van der Waals surface area contributed by atoms with E-state index in [0.29, 0.717) is 16.5 Å². The first-order valence-corrected chi connectivity index (χ1v) is 9.91. The molecular weight excluding hydrogens is 414 g/mol. The summed E-state index contributed by atoms with van der Waals surface area (Å²) in [5, 5.41) is 23.3. The maximum absolute atomic E-state index is 11.9. The number of aromatic nitrogens is 2. The number of fused-ring (bicyclic) bond motifs is 1. The maximum atomic E-state index is 11.9. The van der Waals surface area contributed by atoms with Crippen molar-refractivity contribution in [2.75, 3.05) is 5.75 Å². The van der Waals surface area contributed by atoms with E-state index < -0.39 is 5.54 Å². The van der Waals surface area contributed by atoms with Crippen molar-refractivity contribution in [3.8, 4) is 6.07 Å². The second-order valence-corrected chi connectivity index (χ2v) is 8.56. The molecular formula is C18H16BrN5OS. The molecule has 2 atom stereocenters. The van der Waals surface area contributed by atoms with Crippen molar-refractivity contribution in [3.63, 3.8) is 0 Å². The molecule has 0 saturated carbocycles. The Bertz CT molecular complexity index is 1050. The van der Waals surface area contributed by atoms with Crippen LogP contribution in [0.4, 0.5) is 0 Å². The smallest absolute Gasteiger partial charge is 0.279 e. The molecule has 0 saturated heterocycles. The van der Waals surface area contributed by atoms with Crippen LogP contribution in [0.2, 0.25) is 0 Å². The van der Waals surface area contributed by atoms with Gasteiger partial charge in [-0.15, -0.1) is 11.8 Å². The van der Waals surface area contributed by atoms with Crippen LogP contribution in [-0.4, -0.2) is 27.0 Å². The van der Waals surface area contributed by atoms with E-state index in [9.17, 15) is 4.79 Å². The van der Waals surface area contributed by atoms with Crippen LogP contribution in [0.3, 0.4) is 0 Å². The minimum atomic E-state index is -0.444. The Morgan fingerprint density at radius 2 is 2.31 bits per heavy atom. The number of H-pyrrole nitrogens is 1. The lowest BCUT2D eigenvalue weighted by Gasteiger charge is -2.37. The molecule has 132 valence electrons. The third-order valence-electron chi connectivity index (χ3n) is 4.83. The zero-order valence-corrected chi connectivity index (χ0v) is 16.4. The molecule has 3 heterocycles. The number of thioether (sulfide) groups is 1. The van der Waals surface area contributed by atoms with E-state index in [4.69, 9.17) is 10.7 Å². The quantitative estimate of drug-likeness (QED) is 0.683. The van der Waals surface area contributed by atoms with Crippen LogP contribution in [0.1, 0.15) is 29.7 Å². The topological polar surface area (TPSA) is 97.5 Å². The SMILES string of the molecule is C[C@@]1(C2=CC(c3cccc(C#N)c3)CS2)Cc2c(Br)c(=O)[nH]n2C(=N)N1. The number of benzene rings is 1. The van der Waals surface area contributed by atoms with E-state index in [2.05, 4.69) is 45.4 Å². The summed E-state index contributed by atoms with van der Waals surface area (Å²) >= 11 is 5.10. The minimum absolute atomic E-state index is 0.160. The van der Waals surface area contributed by atoms with Gasteiger partial charge in [-0.1, -0.05) is 18.2 Å². The van der Waals surface area contributed by atoms with Gasteiger partial charge in [0.2, 0.25) is 5.96 Å². The predicted octanol–water partition coefficient (Wildman–Crippen LogP) is 2.91. The fraction of sp³-hybridized carbons (Fsp3) is 0.278. The number of halogens is 1. The first-order chi connectivity index (χ1) is 12.4. The summed E-state index contributed by atoms with van der Waals surface area (Å²) in [4.78, 5) is 13.0. The molecule has 0 aliphatic carbocycles. The lowest BCUT2D eigenvalue weighted by Crippen LogP contribution is -2.55. The van der Waals surface area contributed by atoms with Crippen molar-refractivity contribution in [1.29, 1.82) is 10.7 Å². The van der Waals surface area contributed by atoms with Crippen LogP contribution in [0.5, 0.6) is 0 Å². The van der Waals surface area contributed by atoms with Crippen LogP contribution in [-0.2, 0) is 6.42 Å². The fourth-order valence-electron chi connectivity index (χ4n) is 3.47. The van der Waals surface area contributed by atoms with Gasteiger partial charge in [-0.3, -0.25) is 15.3 Å². The molecule has 6 nitrogen and oxygen atoms in total. The summed E-state index contributed by atoms with van der Waals surface area (Å²) in [6.07, 6.45) is 2.81. The monoisotopic (exact) mass is 429 g/mol. The predicted molar refractivity (Wildman–Crippen MR) is 106 cm³/mol. The zero-order chi connectivity index (χ0) is 18.5. The summed E-state index contributed by atoms with van der Waals surface area (Å²) in [6, 6.07) is 9.89. The Balaban J connectivity index is 1.67. The third kappa shape index (κ3) is 2.72. The van der Waals surface area contributed by atoms with Gasteiger partial charge in [0.25, 0.3) is 5.56 Å². The highest BCUT2D eigenvalue weighted by atomic mass is 79.9. The van der Waals surface area contributed by atoms with Gasteiger partial charge in [0.1, 0.15) is 4.47 Å². The van der Waals surface area contributed by atoms with Crippen LogP contribution in [0.15, 0.2) is 44.5 Å². The molecule has 0 fully saturated rings. The van der Waals surface area contributed by atoms with Gasteiger partial charge in [-0.25, -0.2) is 4.68 Å². The molecule has 2 aromatic rings. The van der Waals surface area contributed by atoms with E-state index in [1.165, 1.54) is 4.68 Å². The van der Waals surface area contributed by atoms with Gasteiger partial charge in [-0.2, -0.15) is 5.26 Å². The first-order valence-electron chi connectivity index (χ1n) is 8.13. The average Bonchev–Trinajstić information content (AvgIpc) is 3.23. The van der Waals surface area contributed by atoms with Crippen LogP contribution in [0, 0.1) is 16.7 Å². The number of aromatic amines is 1. The van der Waals surface area contributed by atoms with Crippen molar-refractivity contribution in [1.82, 2.24) is 15.1 Å². The molecule has 1 aromatic heterocycles. The number of rotatable bonds is 2. The van der Waals surface area contributed by atoms with Gasteiger partial charge in [0.05, 0.1) is 22.9 Å². The Morgan fingerprint density at radius 1 is 1.50 bits per heavy atom. The number of hydrogen-bond acceptors (Lipinski definition) is 4. The third-order valence-corrected chi connectivity index (χ3v) is 7.07. The molecule has 2 aliphatic rings.